The Morgan fingerprint density at radius 3 is 2.73 bits per heavy atom. The first-order valence-electron chi connectivity index (χ1n) is 7.65. The van der Waals surface area contributed by atoms with E-state index in [4.69, 9.17) is 9.47 Å². The lowest BCUT2D eigenvalue weighted by atomic mass is 10.2. The first-order chi connectivity index (χ1) is 10.7. The van der Waals surface area contributed by atoms with Gasteiger partial charge in [0.05, 0.1) is 19.2 Å². The summed E-state index contributed by atoms with van der Waals surface area (Å²) in [6.45, 7) is 1.54. The van der Waals surface area contributed by atoms with Gasteiger partial charge in [0.25, 0.3) is 5.91 Å². The molecule has 2 heterocycles. The lowest BCUT2D eigenvalue weighted by Gasteiger charge is -2.15. The zero-order valence-electron chi connectivity index (χ0n) is 12.7. The number of imide groups is 1. The first kappa shape index (κ1) is 15.0. The molecule has 2 aliphatic heterocycles. The molecular weight excluding hydrogens is 284 g/mol. The van der Waals surface area contributed by atoms with Crippen molar-refractivity contribution in [2.75, 3.05) is 25.2 Å². The van der Waals surface area contributed by atoms with Gasteiger partial charge >= 0.3 is 0 Å². The van der Waals surface area contributed by atoms with Crippen LogP contribution in [0.1, 0.15) is 19.3 Å². The summed E-state index contributed by atoms with van der Waals surface area (Å²) >= 11 is 0. The zero-order valence-corrected chi connectivity index (χ0v) is 12.7. The maximum absolute atomic E-state index is 12.5. The van der Waals surface area contributed by atoms with Crippen molar-refractivity contribution < 1.29 is 24.4 Å². The van der Waals surface area contributed by atoms with Crippen LogP contribution in [-0.2, 0) is 14.3 Å². The van der Waals surface area contributed by atoms with Crippen LogP contribution in [0.15, 0.2) is 24.3 Å². The average molecular weight is 305 g/mol. The summed E-state index contributed by atoms with van der Waals surface area (Å²) in [5.41, 5.74) is 0.601. The van der Waals surface area contributed by atoms with Crippen molar-refractivity contribution in [3.63, 3.8) is 0 Å². The highest BCUT2D eigenvalue weighted by Crippen LogP contribution is 2.24. The van der Waals surface area contributed by atoms with Gasteiger partial charge in [-0.25, -0.2) is 4.90 Å². The van der Waals surface area contributed by atoms with Gasteiger partial charge in [-0.2, -0.15) is 0 Å². The quantitative estimate of drug-likeness (QED) is 0.781. The van der Waals surface area contributed by atoms with E-state index in [-0.39, 0.29) is 30.4 Å². The molecule has 2 N–H and O–H groups in total. The summed E-state index contributed by atoms with van der Waals surface area (Å²) in [6, 6.07) is 6.63. The van der Waals surface area contributed by atoms with Crippen LogP contribution in [0.4, 0.5) is 5.69 Å². The standard InChI is InChI=1S/C16H20N2O4/c1-21-12-6-4-11(5-7-12)18-15(19)9-14(16(18)20)17-10-13-3-2-8-22-13/h4-7,13-14,17H,2-3,8-10H2,1H3/p+1/t13-,14+/m1/s1. The summed E-state index contributed by atoms with van der Waals surface area (Å²) in [7, 11) is 1.58. The van der Waals surface area contributed by atoms with Gasteiger partial charge in [0, 0.05) is 6.61 Å². The molecule has 2 fully saturated rings. The van der Waals surface area contributed by atoms with Crippen LogP contribution in [0.25, 0.3) is 0 Å². The molecule has 0 spiro atoms. The van der Waals surface area contributed by atoms with Crippen LogP contribution in [0.3, 0.4) is 0 Å². The number of ether oxygens (including phenoxy) is 2. The van der Waals surface area contributed by atoms with Crippen molar-refractivity contribution >= 4 is 17.5 Å². The van der Waals surface area contributed by atoms with E-state index in [2.05, 4.69) is 0 Å². The predicted octanol–water partition coefficient (Wildman–Crippen LogP) is 0.0695. The van der Waals surface area contributed by atoms with Gasteiger partial charge in [0.2, 0.25) is 5.91 Å². The van der Waals surface area contributed by atoms with Crippen molar-refractivity contribution in [3.8, 4) is 5.75 Å². The Hall–Kier alpha value is -1.92. The third kappa shape index (κ3) is 2.98. The van der Waals surface area contributed by atoms with Gasteiger partial charge in [-0.1, -0.05) is 0 Å². The van der Waals surface area contributed by atoms with Gasteiger partial charge in [-0.3, -0.25) is 9.59 Å². The molecule has 2 amide bonds. The molecular formula is C16H21N2O4+. The fraction of sp³-hybridized carbons (Fsp3) is 0.500. The van der Waals surface area contributed by atoms with Crippen LogP contribution in [-0.4, -0.2) is 44.2 Å². The third-order valence-electron chi connectivity index (χ3n) is 4.22. The third-order valence-corrected chi connectivity index (χ3v) is 4.22. The van der Waals surface area contributed by atoms with Crippen molar-refractivity contribution in [1.82, 2.24) is 0 Å². The molecule has 2 aliphatic rings. The summed E-state index contributed by atoms with van der Waals surface area (Å²) in [5.74, 6) is 0.404. The molecule has 0 aromatic heterocycles. The normalized spacial score (nSPS) is 25.0. The Bertz CT molecular complexity index is 552. The van der Waals surface area contributed by atoms with Gasteiger partial charge < -0.3 is 14.8 Å². The molecule has 22 heavy (non-hydrogen) atoms. The van der Waals surface area contributed by atoms with Crippen LogP contribution < -0.4 is 15.0 Å². The lowest BCUT2D eigenvalue weighted by Crippen LogP contribution is -2.93. The number of rotatable bonds is 5. The number of amides is 2. The van der Waals surface area contributed by atoms with E-state index >= 15 is 0 Å². The number of methoxy groups -OCH3 is 1. The molecule has 0 radical (unpaired) electrons. The second-order valence-electron chi connectivity index (χ2n) is 5.68. The molecule has 0 unspecified atom stereocenters. The van der Waals surface area contributed by atoms with E-state index in [0.717, 1.165) is 26.0 Å². The molecule has 1 aromatic rings. The van der Waals surface area contributed by atoms with Crippen LogP contribution in [0, 0.1) is 0 Å². The molecule has 6 heteroatoms. The highest BCUT2D eigenvalue weighted by molar-refractivity contribution is 6.21. The number of quaternary nitrogens is 1. The minimum atomic E-state index is -0.334. The summed E-state index contributed by atoms with van der Waals surface area (Å²) in [5, 5.41) is 1.94. The topological polar surface area (TPSA) is 72.4 Å². The summed E-state index contributed by atoms with van der Waals surface area (Å²) < 4.78 is 10.7. The number of carbonyl (C=O) groups is 2. The Morgan fingerprint density at radius 2 is 2.09 bits per heavy atom. The number of hydrogen-bond acceptors (Lipinski definition) is 4. The minimum Gasteiger partial charge on any atom is -0.497 e. The number of nitrogens with zero attached hydrogens (tertiary/aromatic N) is 1. The van der Waals surface area contributed by atoms with Gasteiger partial charge in [0.1, 0.15) is 18.4 Å². The van der Waals surface area contributed by atoms with Crippen molar-refractivity contribution in [2.45, 2.75) is 31.4 Å². The van der Waals surface area contributed by atoms with E-state index in [9.17, 15) is 9.59 Å². The zero-order chi connectivity index (χ0) is 15.5. The Balaban J connectivity index is 1.65. The van der Waals surface area contributed by atoms with Crippen molar-refractivity contribution in [3.05, 3.63) is 24.3 Å². The van der Waals surface area contributed by atoms with Crippen molar-refractivity contribution in [2.24, 2.45) is 0 Å². The number of anilines is 1. The molecule has 1 aromatic carbocycles. The van der Waals surface area contributed by atoms with Crippen LogP contribution in [0.2, 0.25) is 0 Å². The first-order valence-corrected chi connectivity index (χ1v) is 7.65. The Kier molecular flexibility index (Phi) is 4.40. The number of carbonyl (C=O) groups excluding carboxylic acids is 2. The van der Waals surface area contributed by atoms with E-state index in [1.165, 1.54) is 4.90 Å². The molecule has 2 atom stereocenters. The fourth-order valence-corrected chi connectivity index (χ4v) is 2.99. The van der Waals surface area contributed by atoms with Gasteiger partial charge in [0.15, 0.2) is 6.04 Å². The average Bonchev–Trinajstić information content (AvgIpc) is 3.14. The molecule has 3 rings (SSSR count). The van der Waals surface area contributed by atoms with E-state index in [1.54, 1.807) is 31.4 Å². The van der Waals surface area contributed by atoms with Crippen LogP contribution in [0.5, 0.6) is 5.75 Å². The molecule has 118 valence electrons. The predicted molar refractivity (Wildman–Crippen MR) is 79.7 cm³/mol. The molecule has 2 saturated heterocycles. The maximum Gasteiger partial charge on any atom is 0.292 e. The maximum atomic E-state index is 12.5. The Morgan fingerprint density at radius 1 is 1.32 bits per heavy atom. The molecule has 0 aliphatic carbocycles. The minimum absolute atomic E-state index is 0.145. The van der Waals surface area contributed by atoms with Gasteiger partial charge in [-0.05, 0) is 37.1 Å². The molecule has 6 nitrogen and oxygen atoms in total. The highest BCUT2D eigenvalue weighted by Gasteiger charge is 2.42. The van der Waals surface area contributed by atoms with Crippen LogP contribution >= 0.6 is 0 Å². The second kappa shape index (κ2) is 6.46. The van der Waals surface area contributed by atoms with Crippen molar-refractivity contribution in [1.29, 1.82) is 0 Å². The lowest BCUT2D eigenvalue weighted by molar-refractivity contribution is -0.680. The number of benzene rings is 1. The smallest absolute Gasteiger partial charge is 0.292 e. The van der Waals surface area contributed by atoms with E-state index in [0.29, 0.717) is 11.4 Å². The second-order valence-corrected chi connectivity index (χ2v) is 5.68. The molecule has 0 saturated carbocycles. The Labute approximate surface area is 129 Å². The van der Waals surface area contributed by atoms with Gasteiger partial charge in [-0.15, -0.1) is 0 Å². The summed E-state index contributed by atoms with van der Waals surface area (Å²) in [4.78, 5) is 25.9. The number of nitrogens with two attached hydrogens (primary N) is 1. The van der Waals surface area contributed by atoms with E-state index in [1.807, 2.05) is 5.32 Å². The summed E-state index contributed by atoms with van der Waals surface area (Å²) in [6.07, 6.45) is 2.57. The molecule has 0 bridgehead atoms. The fourth-order valence-electron chi connectivity index (χ4n) is 2.99. The SMILES string of the molecule is COc1ccc(N2C(=O)C[C@H]([NH2+]C[C@H]3CCCO3)C2=O)cc1. The number of hydrogen-bond donors (Lipinski definition) is 1. The highest BCUT2D eigenvalue weighted by atomic mass is 16.5. The van der Waals surface area contributed by atoms with E-state index < -0.39 is 0 Å². The largest absolute Gasteiger partial charge is 0.497 e. The monoisotopic (exact) mass is 305 g/mol.